The van der Waals surface area contributed by atoms with Crippen LogP contribution in [0.15, 0.2) is 33.0 Å². The SMILES string of the molecule is Nc1nc2c(ncn2[C@@H]2O[C@H](CO)[C@@H](OP(=O)(O)OC[C@H]3O[C@@H](n4ccc(=O)[nH]c4=O)[C@H](O)[C@@H]3O)[C@H]2F)c(=O)[nH]1. The molecule has 218 valence electrons. The predicted molar refractivity (Wildman–Crippen MR) is 126 cm³/mol. The largest absolute Gasteiger partial charge is 0.472 e. The Labute approximate surface area is 220 Å². The molecule has 19 nitrogen and oxygen atoms in total. The zero-order valence-electron chi connectivity index (χ0n) is 20.0. The lowest BCUT2D eigenvalue weighted by Gasteiger charge is -2.22. The number of alkyl halides is 1. The molecule has 3 aromatic heterocycles. The van der Waals surface area contributed by atoms with E-state index >= 15 is 4.39 Å². The van der Waals surface area contributed by atoms with Crippen LogP contribution in [0.3, 0.4) is 0 Å². The first-order chi connectivity index (χ1) is 18.9. The summed E-state index contributed by atoms with van der Waals surface area (Å²) in [5.74, 6) is -0.290. The van der Waals surface area contributed by atoms with E-state index in [1.807, 2.05) is 4.98 Å². The molecule has 0 amide bonds. The van der Waals surface area contributed by atoms with E-state index in [0.717, 1.165) is 27.7 Å². The lowest BCUT2D eigenvalue weighted by molar-refractivity contribution is -0.0610. The van der Waals surface area contributed by atoms with Gasteiger partial charge in [-0.2, -0.15) is 4.98 Å². The van der Waals surface area contributed by atoms with Crippen molar-refractivity contribution in [1.29, 1.82) is 0 Å². The van der Waals surface area contributed by atoms with E-state index in [0.29, 0.717) is 0 Å². The Kier molecular flexibility index (Phi) is 7.46. The van der Waals surface area contributed by atoms with Gasteiger partial charge in [0.15, 0.2) is 29.8 Å². The van der Waals surface area contributed by atoms with E-state index in [9.17, 15) is 39.2 Å². The fourth-order valence-corrected chi connectivity index (χ4v) is 5.35. The maximum Gasteiger partial charge on any atom is 0.472 e. The van der Waals surface area contributed by atoms with Crippen LogP contribution in [0, 0.1) is 0 Å². The third kappa shape index (κ3) is 5.11. The van der Waals surface area contributed by atoms with E-state index in [1.165, 1.54) is 0 Å². The molecule has 0 spiro atoms. The van der Waals surface area contributed by atoms with Gasteiger partial charge in [-0.15, -0.1) is 0 Å². The number of fused-ring (bicyclic) bond motifs is 1. The smallest absolute Gasteiger partial charge is 0.394 e. The van der Waals surface area contributed by atoms with Crippen LogP contribution in [0.1, 0.15) is 12.5 Å². The van der Waals surface area contributed by atoms with Gasteiger partial charge in [0.25, 0.3) is 11.1 Å². The van der Waals surface area contributed by atoms with E-state index in [4.69, 9.17) is 24.3 Å². The number of aliphatic hydroxyl groups excluding tert-OH is 3. The summed E-state index contributed by atoms with van der Waals surface area (Å²) < 4.78 is 50.6. The molecule has 8 N–H and O–H groups in total. The average molecular weight is 591 g/mol. The molecule has 2 fully saturated rings. The molecule has 9 atom stereocenters. The molecule has 40 heavy (non-hydrogen) atoms. The van der Waals surface area contributed by atoms with E-state index in [-0.39, 0.29) is 17.1 Å². The number of nitrogens with zero attached hydrogens (tertiary/aromatic N) is 4. The summed E-state index contributed by atoms with van der Waals surface area (Å²) in [7, 11) is -5.14. The number of aromatic nitrogens is 6. The van der Waals surface area contributed by atoms with E-state index in [2.05, 4.69) is 15.0 Å². The molecule has 0 saturated carbocycles. The van der Waals surface area contributed by atoms with Crippen LogP contribution >= 0.6 is 7.82 Å². The number of phosphoric acid groups is 1. The third-order valence-corrected chi connectivity index (χ3v) is 7.28. The number of anilines is 1. The zero-order chi connectivity index (χ0) is 28.9. The Morgan fingerprint density at radius 3 is 2.55 bits per heavy atom. The molecule has 2 saturated heterocycles. The fraction of sp³-hybridized carbons (Fsp3) is 0.526. The molecular weight excluding hydrogens is 568 g/mol. The molecule has 21 heteroatoms. The molecule has 5 heterocycles. The maximum absolute atomic E-state index is 15.5. The van der Waals surface area contributed by atoms with Crippen molar-refractivity contribution < 1.29 is 47.7 Å². The first-order valence-electron chi connectivity index (χ1n) is 11.5. The van der Waals surface area contributed by atoms with Gasteiger partial charge in [0.2, 0.25) is 5.95 Å². The monoisotopic (exact) mass is 591 g/mol. The molecule has 0 radical (unpaired) electrons. The second-order valence-electron chi connectivity index (χ2n) is 8.87. The quantitative estimate of drug-likeness (QED) is 0.126. The highest BCUT2D eigenvalue weighted by molar-refractivity contribution is 7.47. The number of hydrogen-bond acceptors (Lipinski definition) is 14. The number of imidazole rings is 1. The van der Waals surface area contributed by atoms with E-state index < -0.39 is 87.0 Å². The molecular formula is C19H23FN7O12P. The summed E-state index contributed by atoms with van der Waals surface area (Å²) in [5, 5.41) is 30.3. The lowest BCUT2D eigenvalue weighted by Crippen LogP contribution is -2.37. The highest BCUT2D eigenvalue weighted by Gasteiger charge is 2.51. The first kappa shape index (κ1) is 28.2. The summed E-state index contributed by atoms with van der Waals surface area (Å²) in [6.07, 6.45) is -11.5. The third-order valence-electron chi connectivity index (χ3n) is 6.29. The summed E-state index contributed by atoms with van der Waals surface area (Å²) in [5.41, 5.74) is 2.83. The van der Waals surface area contributed by atoms with Gasteiger partial charge in [0.1, 0.15) is 30.5 Å². The molecule has 0 aromatic carbocycles. The fourth-order valence-electron chi connectivity index (χ4n) is 4.40. The van der Waals surface area contributed by atoms with Gasteiger partial charge in [0.05, 0.1) is 19.5 Å². The maximum atomic E-state index is 15.5. The van der Waals surface area contributed by atoms with Crippen molar-refractivity contribution in [3.63, 3.8) is 0 Å². The van der Waals surface area contributed by atoms with Crippen molar-refractivity contribution >= 4 is 24.9 Å². The topological polar surface area (TPSA) is 279 Å². The second-order valence-corrected chi connectivity index (χ2v) is 10.3. The van der Waals surface area contributed by atoms with Crippen LogP contribution in [-0.4, -0.2) is 99.2 Å². The van der Waals surface area contributed by atoms with Crippen molar-refractivity contribution in [3.8, 4) is 0 Å². The molecule has 3 aromatic rings. The summed E-state index contributed by atoms with van der Waals surface area (Å²) in [6.45, 7) is -1.72. The van der Waals surface area contributed by atoms with Crippen LogP contribution in [0.4, 0.5) is 10.3 Å². The number of nitrogen functional groups attached to an aromatic ring is 1. The van der Waals surface area contributed by atoms with Crippen LogP contribution in [0.2, 0.25) is 0 Å². The van der Waals surface area contributed by atoms with Gasteiger partial charge in [0, 0.05) is 12.3 Å². The molecule has 0 aliphatic carbocycles. The highest BCUT2D eigenvalue weighted by atomic mass is 31.2. The summed E-state index contributed by atoms with van der Waals surface area (Å²) in [6, 6.07) is 0.973. The Balaban J connectivity index is 1.28. The molecule has 1 unspecified atom stereocenters. The van der Waals surface area contributed by atoms with Gasteiger partial charge in [-0.3, -0.25) is 37.7 Å². The summed E-state index contributed by atoms with van der Waals surface area (Å²) >= 11 is 0. The number of nitrogens with two attached hydrogens (primary N) is 1. The van der Waals surface area contributed by atoms with Crippen molar-refractivity contribution in [2.24, 2.45) is 0 Å². The van der Waals surface area contributed by atoms with Crippen LogP contribution in [0.25, 0.3) is 11.2 Å². The summed E-state index contributed by atoms with van der Waals surface area (Å²) in [4.78, 5) is 57.5. The average Bonchev–Trinajstić information content (AvgIpc) is 3.53. The van der Waals surface area contributed by atoms with Crippen LogP contribution in [0.5, 0.6) is 0 Å². The zero-order valence-corrected chi connectivity index (χ0v) is 20.9. The molecule has 5 rings (SSSR count). The number of nitrogens with one attached hydrogen (secondary N) is 2. The second kappa shape index (κ2) is 10.6. The Morgan fingerprint density at radius 1 is 1.12 bits per heavy atom. The minimum atomic E-state index is -5.14. The minimum absolute atomic E-state index is 0.156. The number of ether oxygens (including phenoxy) is 2. The van der Waals surface area contributed by atoms with Gasteiger partial charge < -0.3 is 35.4 Å². The van der Waals surface area contributed by atoms with Gasteiger partial charge in [-0.1, -0.05) is 0 Å². The molecule has 0 bridgehead atoms. The number of phosphoric ester groups is 1. The van der Waals surface area contributed by atoms with Crippen molar-refractivity contribution in [1.82, 2.24) is 29.1 Å². The van der Waals surface area contributed by atoms with Gasteiger partial charge in [-0.25, -0.2) is 18.7 Å². The number of hydrogen-bond donors (Lipinski definition) is 7. The van der Waals surface area contributed by atoms with Crippen LogP contribution in [-0.2, 0) is 23.1 Å². The van der Waals surface area contributed by atoms with Crippen LogP contribution < -0.4 is 22.5 Å². The van der Waals surface area contributed by atoms with Crippen molar-refractivity contribution in [2.75, 3.05) is 18.9 Å². The normalized spacial score (nSPS) is 32.0. The Hall–Kier alpha value is -3.33. The molecule has 2 aliphatic rings. The van der Waals surface area contributed by atoms with Crippen molar-refractivity contribution in [3.05, 3.63) is 49.8 Å². The number of H-pyrrole nitrogens is 2. The predicted octanol–water partition coefficient (Wildman–Crippen LogP) is -3.40. The number of aromatic amines is 2. The van der Waals surface area contributed by atoms with E-state index in [1.54, 1.807) is 0 Å². The number of halogens is 1. The minimum Gasteiger partial charge on any atom is -0.394 e. The Bertz CT molecular complexity index is 1620. The standard InChI is InChI=1S/C19H23FN7O12P/c20-9-13(6(3-28)37-16(9)27-5-22-10-14(27)24-18(21)25-15(10)32)39-40(34,35)36-4-7-11(30)12(31)17(38-7)26-2-1-8(29)23-19(26)33/h1-2,5-7,9,11-13,16-17,28,30-31H,3-4H2,(H,34,35)(H,23,29,33)(H3,21,24,25,32)/t6-,7-,9-,11-,12-,13-,16-,17-/m1/s1. The lowest BCUT2D eigenvalue weighted by atomic mass is 10.1. The van der Waals surface area contributed by atoms with Gasteiger partial charge >= 0.3 is 13.5 Å². The highest BCUT2D eigenvalue weighted by Crippen LogP contribution is 2.49. The number of rotatable bonds is 8. The molecule has 2 aliphatic heterocycles. The Morgan fingerprint density at radius 2 is 1.85 bits per heavy atom. The van der Waals surface area contributed by atoms with Gasteiger partial charge in [-0.05, 0) is 0 Å². The number of aliphatic hydroxyl groups is 3. The van der Waals surface area contributed by atoms with Crippen molar-refractivity contribution in [2.45, 2.75) is 49.1 Å². The first-order valence-corrected chi connectivity index (χ1v) is 13.0.